The quantitative estimate of drug-likeness (QED) is 0.460. The monoisotopic (exact) mass is 386 g/mol. The van der Waals surface area contributed by atoms with Crippen molar-refractivity contribution < 1.29 is 4.92 Å². The zero-order valence-corrected chi connectivity index (χ0v) is 15.8. The van der Waals surface area contributed by atoms with E-state index in [1.54, 1.807) is 0 Å². The van der Waals surface area contributed by atoms with E-state index < -0.39 is 16.6 Å². The number of anilines is 1. The van der Waals surface area contributed by atoms with E-state index in [9.17, 15) is 10.1 Å². The molecule has 6 nitrogen and oxygen atoms in total. The van der Waals surface area contributed by atoms with Gasteiger partial charge in [-0.05, 0) is 29.2 Å². The Kier molecular flexibility index (Phi) is 4.86. The molecule has 4 N–H and O–H groups in total. The topological polar surface area (TPSA) is 105 Å². The number of nitro groups is 1. The van der Waals surface area contributed by atoms with Gasteiger partial charge in [-0.25, -0.2) is 0 Å². The molecule has 0 spiro atoms. The number of benzene rings is 3. The van der Waals surface area contributed by atoms with Crippen molar-refractivity contribution in [2.24, 2.45) is 5.73 Å². The molecule has 6 heteroatoms. The molecule has 0 aromatic heterocycles. The molecule has 0 aliphatic carbocycles. The molecular formula is C23H22N4O2. The minimum Gasteiger partial charge on any atom is -0.363 e. The summed E-state index contributed by atoms with van der Waals surface area (Å²) in [6.45, 7) is 0. The molecule has 0 saturated heterocycles. The van der Waals surface area contributed by atoms with Crippen molar-refractivity contribution in [1.29, 1.82) is 5.41 Å². The van der Waals surface area contributed by atoms with Gasteiger partial charge in [-0.1, -0.05) is 72.8 Å². The summed E-state index contributed by atoms with van der Waals surface area (Å²) < 4.78 is 0. The molecule has 0 fully saturated rings. The molecule has 2 unspecified atom stereocenters. The second-order valence-electron chi connectivity index (χ2n) is 7.34. The molecule has 146 valence electrons. The number of hydrogen-bond donors (Lipinski definition) is 3. The van der Waals surface area contributed by atoms with Gasteiger partial charge in [-0.15, -0.1) is 0 Å². The van der Waals surface area contributed by atoms with Crippen molar-refractivity contribution in [3.63, 3.8) is 0 Å². The van der Waals surface area contributed by atoms with Crippen molar-refractivity contribution in [3.8, 4) is 0 Å². The van der Waals surface area contributed by atoms with Crippen molar-refractivity contribution in [3.05, 3.63) is 111 Å². The third kappa shape index (κ3) is 3.28. The van der Waals surface area contributed by atoms with Crippen LogP contribution in [0.4, 0.5) is 5.69 Å². The Bertz CT molecular complexity index is 1050. The van der Waals surface area contributed by atoms with Crippen LogP contribution in [0.2, 0.25) is 0 Å². The van der Waals surface area contributed by atoms with E-state index in [4.69, 9.17) is 11.1 Å². The van der Waals surface area contributed by atoms with E-state index in [1.807, 2.05) is 78.9 Å². The van der Waals surface area contributed by atoms with Gasteiger partial charge in [0, 0.05) is 16.2 Å². The number of rotatable bonds is 5. The minimum atomic E-state index is -1.75. The van der Waals surface area contributed by atoms with Gasteiger partial charge < -0.3 is 11.1 Å². The smallest absolute Gasteiger partial charge is 0.299 e. The van der Waals surface area contributed by atoms with Gasteiger partial charge in [0.2, 0.25) is 0 Å². The molecule has 0 radical (unpaired) electrons. The van der Waals surface area contributed by atoms with Crippen LogP contribution in [0.25, 0.3) is 0 Å². The fourth-order valence-electron chi connectivity index (χ4n) is 4.01. The van der Waals surface area contributed by atoms with Crippen LogP contribution >= 0.6 is 0 Å². The third-order valence-corrected chi connectivity index (χ3v) is 5.54. The number of nitrogens with zero attached hydrogens (tertiary/aromatic N) is 1. The lowest BCUT2D eigenvalue weighted by Crippen LogP contribution is -2.66. The van der Waals surface area contributed by atoms with Crippen LogP contribution in [0.5, 0.6) is 0 Å². The van der Waals surface area contributed by atoms with Crippen LogP contribution in [0, 0.1) is 15.5 Å². The predicted molar refractivity (Wildman–Crippen MR) is 114 cm³/mol. The van der Waals surface area contributed by atoms with Crippen LogP contribution in [-0.4, -0.2) is 22.3 Å². The van der Waals surface area contributed by atoms with E-state index in [1.165, 1.54) is 0 Å². The molecule has 0 saturated carbocycles. The molecule has 3 aromatic rings. The summed E-state index contributed by atoms with van der Waals surface area (Å²) in [7, 11) is 0. The molecule has 1 heterocycles. The molecule has 3 aromatic carbocycles. The highest BCUT2D eigenvalue weighted by Gasteiger charge is 2.57. The highest BCUT2D eigenvalue weighted by atomic mass is 16.6. The highest BCUT2D eigenvalue weighted by Crippen LogP contribution is 2.36. The predicted octanol–water partition coefficient (Wildman–Crippen LogP) is 3.61. The Balaban J connectivity index is 1.81. The van der Waals surface area contributed by atoms with Gasteiger partial charge in [-0.3, -0.25) is 15.5 Å². The average Bonchev–Trinajstić information content (AvgIpc) is 2.72. The SMILES string of the molecule is N=C1c2c(Cc3ccccc3)cccc2NC(N)C1(Cc1ccccc1)[N+](=O)[O-]. The van der Waals surface area contributed by atoms with Gasteiger partial charge in [0.05, 0.1) is 6.42 Å². The molecule has 0 amide bonds. The molecule has 29 heavy (non-hydrogen) atoms. The molecule has 2 atom stereocenters. The fourth-order valence-corrected chi connectivity index (χ4v) is 4.01. The summed E-state index contributed by atoms with van der Waals surface area (Å²) in [6, 6.07) is 24.7. The van der Waals surface area contributed by atoms with E-state index in [-0.39, 0.29) is 12.1 Å². The average molecular weight is 386 g/mol. The maximum absolute atomic E-state index is 12.3. The zero-order valence-electron chi connectivity index (χ0n) is 15.8. The lowest BCUT2D eigenvalue weighted by atomic mass is 9.76. The Hall–Kier alpha value is -3.51. The van der Waals surface area contributed by atoms with Crippen molar-refractivity contribution >= 4 is 11.4 Å². The number of nitrogens with one attached hydrogen (secondary N) is 2. The minimum absolute atomic E-state index is 0.0425. The Morgan fingerprint density at radius 3 is 2.21 bits per heavy atom. The van der Waals surface area contributed by atoms with Crippen molar-refractivity contribution in [1.82, 2.24) is 0 Å². The summed E-state index contributed by atoms with van der Waals surface area (Å²) in [5.41, 5.74) is 8.46. The van der Waals surface area contributed by atoms with Crippen molar-refractivity contribution in [2.45, 2.75) is 24.5 Å². The summed E-state index contributed by atoms with van der Waals surface area (Å²) in [4.78, 5) is 11.9. The van der Waals surface area contributed by atoms with Crippen LogP contribution in [-0.2, 0) is 12.8 Å². The van der Waals surface area contributed by atoms with E-state index in [2.05, 4.69) is 5.32 Å². The summed E-state index contributed by atoms with van der Waals surface area (Å²) in [6.07, 6.45) is -0.375. The van der Waals surface area contributed by atoms with Gasteiger partial charge >= 0.3 is 0 Å². The molecule has 4 rings (SSSR count). The standard InChI is InChI=1S/C23H22N4O2/c24-21-20-18(14-16-8-3-1-4-9-16)12-7-13-19(20)26-22(25)23(21,27(28)29)15-17-10-5-2-6-11-17/h1-13,22,24,26H,14-15,25H2. The van der Waals surface area contributed by atoms with Gasteiger partial charge in [0.25, 0.3) is 5.54 Å². The van der Waals surface area contributed by atoms with Gasteiger partial charge in [-0.2, -0.15) is 0 Å². The Morgan fingerprint density at radius 2 is 1.59 bits per heavy atom. The summed E-state index contributed by atoms with van der Waals surface area (Å²) in [5.74, 6) is 0. The van der Waals surface area contributed by atoms with E-state index >= 15 is 0 Å². The second-order valence-corrected chi connectivity index (χ2v) is 7.34. The van der Waals surface area contributed by atoms with E-state index in [0.29, 0.717) is 17.7 Å². The number of fused-ring (bicyclic) bond motifs is 1. The first-order chi connectivity index (χ1) is 14.0. The fraction of sp³-hybridized carbons (Fsp3) is 0.174. The third-order valence-electron chi connectivity index (χ3n) is 5.54. The molecule has 0 bridgehead atoms. The van der Waals surface area contributed by atoms with E-state index in [0.717, 1.165) is 16.7 Å². The molecule has 1 aliphatic heterocycles. The normalized spacial score (nSPS) is 20.6. The first kappa shape index (κ1) is 18.8. The van der Waals surface area contributed by atoms with Crippen LogP contribution in [0.3, 0.4) is 0 Å². The lowest BCUT2D eigenvalue weighted by molar-refractivity contribution is -0.549. The van der Waals surface area contributed by atoms with Gasteiger partial charge in [0.15, 0.2) is 6.17 Å². The van der Waals surface area contributed by atoms with Crippen molar-refractivity contribution in [2.75, 3.05) is 5.32 Å². The van der Waals surface area contributed by atoms with Gasteiger partial charge in [0.1, 0.15) is 5.71 Å². The number of hydrogen-bond acceptors (Lipinski definition) is 5. The highest BCUT2D eigenvalue weighted by molar-refractivity contribution is 6.12. The van der Waals surface area contributed by atoms with Crippen LogP contribution in [0.15, 0.2) is 78.9 Å². The first-order valence-electron chi connectivity index (χ1n) is 9.48. The summed E-state index contributed by atoms with van der Waals surface area (Å²) >= 11 is 0. The Morgan fingerprint density at radius 1 is 0.966 bits per heavy atom. The van der Waals surface area contributed by atoms with Crippen LogP contribution in [0.1, 0.15) is 22.3 Å². The second kappa shape index (κ2) is 7.48. The molecular weight excluding hydrogens is 364 g/mol. The lowest BCUT2D eigenvalue weighted by Gasteiger charge is -2.38. The Labute approximate surface area is 169 Å². The zero-order chi connectivity index (χ0) is 20.4. The van der Waals surface area contributed by atoms with Crippen LogP contribution < -0.4 is 11.1 Å². The first-order valence-corrected chi connectivity index (χ1v) is 9.48. The number of nitrogens with two attached hydrogens (primary N) is 1. The maximum atomic E-state index is 12.3. The summed E-state index contributed by atoms with van der Waals surface area (Å²) in [5, 5.41) is 24.4. The maximum Gasteiger partial charge on any atom is 0.299 e. The largest absolute Gasteiger partial charge is 0.363 e. The molecule has 1 aliphatic rings.